The fourth-order valence-corrected chi connectivity index (χ4v) is 6.79. The third-order valence-electron chi connectivity index (χ3n) is 8.67. The molecule has 0 aliphatic heterocycles. The summed E-state index contributed by atoms with van der Waals surface area (Å²) in [5, 5.41) is 32.2. The Balaban J connectivity index is 1.12. The van der Waals surface area contributed by atoms with Crippen molar-refractivity contribution in [2.24, 2.45) is 25.6 Å². The van der Waals surface area contributed by atoms with Gasteiger partial charge in [0.25, 0.3) is 20.2 Å². The molecule has 1 aliphatic rings. The number of carboxylic acid groups (broad SMARTS) is 1. The van der Waals surface area contributed by atoms with Crippen LogP contribution in [0.5, 0.6) is 0 Å². The molecule has 0 heterocycles. The highest BCUT2D eigenvalue weighted by Gasteiger charge is 2.19. The first-order valence-corrected chi connectivity index (χ1v) is 19.4. The minimum absolute atomic E-state index is 0.221. The summed E-state index contributed by atoms with van der Waals surface area (Å²) in [6, 6.07) is 28.5. The molecule has 6 N–H and O–H groups in total. The number of nitrogen functional groups attached to an aromatic ring is 1. The summed E-state index contributed by atoms with van der Waals surface area (Å²) in [6.07, 6.45) is 3.76. The second-order valence-corrected chi connectivity index (χ2v) is 15.2. The fraction of sp³-hybridized carbons (Fsp3) is 0. The van der Waals surface area contributed by atoms with Crippen LogP contribution in [-0.2, 0) is 29.8 Å². The lowest BCUT2D eigenvalue weighted by Crippen LogP contribution is -2.15. The van der Waals surface area contributed by atoms with Gasteiger partial charge in [-0.2, -0.15) is 27.1 Å². The smallest absolute Gasteiger partial charge is 0.339 e. The Kier molecular flexibility index (Phi) is 10.1. The van der Waals surface area contributed by atoms with Gasteiger partial charge in [0.2, 0.25) is 0 Å². The second-order valence-electron chi connectivity index (χ2n) is 12.4. The van der Waals surface area contributed by atoms with E-state index in [0.29, 0.717) is 38.9 Å². The summed E-state index contributed by atoms with van der Waals surface area (Å²) in [7, 11) is -9.08. The van der Waals surface area contributed by atoms with E-state index in [1.807, 2.05) is 24.3 Å². The van der Waals surface area contributed by atoms with Crippen LogP contribution in [0.2, 0.25) is 0 Å². The maximum atomic E-state index is 12.1. The van der Waals surface area contributed by atoms with Gasteiger partial charge in [-0.3, -0.25) is 19.3 Å². The minimum Gasteiger partial charge on any atom is -0.478 e. The van der Waals surface area contributed by atoms with Crippen molar-refractivity contribution in [3.8, 4) is 11.1 Å². The van der Waals surface area contributed by atoms with Crippen LogP contribution in [0.25, 0.3) is 32.7 Å². The van der Waals surface area contributed by atoms with E-state index in [1.54, 1.807) is 42.5 Å². The first kappa shape index (κ1) is 38.0. The zero-order valence-corrected chi connectivity index (χ0v) is 30.7. The van der Waals surface area contributed by atoms with E-state index in [9.17, 15) is 35.5 Å². The number of hydrogen-bond acceptors (Lipinski definition) is 13. The normalized spacial score (nSPS) is 14.2. The lowest BCUT2D eigenvalue weighted by atomic mass is 10.0. The summed E-state index contributed by atoms with van der Waals surface area (Å²) >= 11 is 0. The van der Waals surface area contributed by atoms with Crippen molar-refractivity contribution < 1.29 is 40.6 Å². The van der Waals surface area contributed by atoms with Gasteiger partial charge in [0, 0.05) is 27.2 Å². The van der Waals surface area contributed by atoms with E-state index in [4.69, 9.17) is 10.8 Å². The van der Waals surface area contributed by atoms with Crippen molar-refractivity contribution in [3.05, 3.63) is 133 Å². The van der Waals surface area contributed by atoms with Crippen LogP contribution in [0, 0.1) is 0 Å². The summed E-state index contributed by atoms with van der Waals surface area (Å²) in [6.45, 7) is 0. The summed E-state index contributed by atoms with van der Waals surface area (Å²) in [5.41, 5.74) is 12.9. The molecule has 0 spiro atoms. The molecule has 1 aliphatic carbocycles. The Morgan fingerprint density at radius 3 is 1.68 bits per heavy atom. The first-order valence-electron chi connectivity index (χ1n) is 16.5. The van der Waals surface area contributed by atoms with Gasteiger partial charge in [-0.25, -0.2) is 4.79 Å². The van der Waals surface area contributed by atoms with Gasteiger partial charge >= 0.3 is 5.97 Å². The summed E-state index contributed by atoms with van der Waals surface area (Å²) < 4.78 is 66.8. The van der Waals surface area contributed by atoms with E-state index in [0.717, 1.165) is 17.2 Å². The highest BCUT2D eigenvalue weighted by molar-refractivity contribution is 7.86. The molecule has 16 nitrogen and oxygen atoms in total. The molecular weight excluding hydrogens is 775 g/mol. The second kappa shape index (κ2) is 15.1. The van der Waals surface area contributed by atoms with Crippen molar-refractivity contribution in [3.63, 3.8) is 0 Å². The number of carbonyl (C=O) groups is 2. The SMILES string of the molecule is Nc1ccc(N=Nc2ccc(N=Nc3ccc(-c4ccc(N/N=C5/C=CC(=O)C(C(=O)O)=C5)cc4)cc3)c3ccc(S(=O)(=O)O)cc23)c2ccc(S(=O)(=O)O)cc12. The number of nitrogens with two attached hydrogens (primary N) is 1. The van der Waals surface area contributed by atoms with E-state index in [2.05, 4.69) is 31.0 Å². The van der Waals surface area contributed by atoms with Gasteiger partial charge < -0.3 is 10.8 Å². The average molecular weight is 802 g/mol. The van der Waals surface area contributed by atoms with Gasteiger partial charge in [0.15, 0.2) is 5.78 Å². The van der Waals surface area contributed by atoms with Crippen molar-refractivity contribution in [2.75, 3.05) is 11.2 Å². The molecule has 0 aromatic heterocycles. The number of fused-ring (bicyclic) bond motifs is 2. The molecule has 0 atom stereocenters. The number of azo groups is 2. The Hall–Kier alpha value is -7.25. The quantitative estimate of drug-likeness (QED) is 0.0219. The van der Waals surface area contributed by atoms with E-state index >= 15 is 0 Å². The monoisotopic (exact) mass is 801 g/mol. The van der Waals surface area contributed by atoms with Crippen LogP contribution in [0.4, 0.5) is 34.1 Å². The molecule has 0 unspecified atom stereocenters. The number of anilines is 2. The number of hydrazone groups is 1. The van der Waals surface area contributed by atoms with Crippen LogP contribution < -0.4 is 11.2 Å². The van der Waals surface area contributed by atoms with Gasteiger partial charge in [-0.05, 0) is 102 Å². The highest BCUT2D eigenvalue weighted by Crippen LogP contribution is 2.38. The summed E-state index contributed by atoms with van der Waals surface area (Å²) in [5.74, 6) is -1.93. The Morgan fingerprint density at radius 1 is 0.596 bits per heavy atom. The number of benzene rings is 6. The van der Waals surface area contributed by atoms with Crippen LogP contribution in [0.3, 0.4) is 0 Å². The number of hydrogen-bond donors (Lipinski definition) is 5. The molecule has 0 saturated heterocycles. The van der Waals surface area contributed by atoms with E-state index < -0.39 is 32.0 Å². The van der Waals surface area contributed by atoms with Crippen molar-refractivity contribution in [2.45, 2.75) is 9.79 Å². The third-order valence-corrected chi connectivity index (χ3v) is 10.4. The highest BCUT2D eigenvalue weighted by atomic mass is 32.2. The molecule has 0 saturated carbocycles. The molecule has 0 bridgehead atoms. The number of allylic oxidation sites excluding steroid dienone is 3. The molecule has 6 aromatic rings. The Morgan fingerprint density at radius 2 is 1.11 bits per heavy atom. The van der Waals surface area contributed by atoms with Crippen LogP contribution >= 0.6 is 0 Å². The molecule has 6 aromatic carbocycles. The third kappa shape index (κ3) is 8.38. The van der Waals surface area contributed by atoms with Gasteiger partial charge in [0.05, 0.1) is 43.9 Å². The Bertz CT molecular complexity index is 3030. The Labute approximate surface area is 323 Å². The van der Waals surface area contributed by atoms with E-state index in [1.165, 1.54) is 54.6 Å². The molecule has 57 heavy (non-hydrogen) atoms. The number of rotatable bonds is 10. The standard InChI is InChI=1S/C39H27N7O9S2/c40-34-14-15-35(29-12-10-27(20-31(29)34)56(50,51)52)45-46-37-17-16-36(30-13-11-28(21-32(30)37)57(53,54)55)44-42-25-7-3-23(4-8-25)22-1-5-24(6-2-22)41-43-26-9-18-38(47)33(19-26)39(48)49/h1-21,41H,40H2,(H,48,49)(H,50,51,52)(H,53,54,55)/b43-26-,44-42?,46-45?. The number of carbonyl (C=O) groups excluding carboxylic acids is 1. The van der Waals surface area contributed by atoms with Crippen LogP contribution in [0.1, 0.15) is 0 Å². The topological polar surface area (TPSA) is 263 Å². The summed E-state index contributed by atoms with van der Waals surface area (Å²) in [4.78, 5) is 22.2. The van der Waals surface area contributed by atoms with Gasteiger partial charge in [0.1, 0.15) is 5.57 Å². The molecular formula is C39H27N7O9S2. The maximum absolute atomic E-state index is 12.1. The van der Waals surface area contributed by atoms with Gasteiger partial charge in [-0.15, -0.1) is 15.3 Å². The number of aliphatic carboxylic acids is 1. The zero-order chi connectivity index (χ0) is 40.5. The fourth-order valence-electron chi connectivity index (χ4n) is 5.77. The average Bonchev–Trinajstić information content (AvgIpc) is 3.19. The first-order chi connectivity index (χ1) is 27.1. The number of ketones is 1. The molecule has 0 amide bonds. The largest absolute Gasteiger partial charge is 0.478 e. The predicted molar refractivity (Wildman–Crippen MR) is 213 cm³/mol. The molecule has 0 fully saturated rings. The maximum Gasteiger partial charge on any atom is 0.339 e. The van der Waals surface area contributed by atoms with Crippen LogP contribution in [-0.4, -0.2) is 48.5 Å². The minimum atomic E-state index is -4.59. The number of nitrogens with zero attached hydrogens (tertiary/aromatic N) is 5. The van der Waals surface area contributed by atoms with E-state index in [-0.39, 0.29) is 37.8 Å². The predicted octanol–water partition coefficient (Wildman–Crippen LogP) is 8.48. The zero-order valence-electron chi connectivity index (χ0n) is 29.0. The number of carboxylic acids is 1. The van der Waals surface area contributed by atoms with Crippen molar-refractivity contribution in [1.29, 1.82) is 0 Å². The van der Waals surface area contributed by atoms with Crippen molar-refractivity contribution in [1.82, 2.24) is 0 Å². The van der Waals surface area contributed by atoms with Crippen molar-refractivity contribution >= 4 is 93.4 Å². The molecule has 18 heteroatoms. The molecule has 284 valence electrons. The lowest BCUT2D eigenvalue weighted by molar-refractivity contribution is -0.134. The molecule has 0 radical (unpaired) electrons. The lowest BCUT2D eigenvalue weighted by Gasteiger charge is -2.08. The van der Waals surface area contributed by atoms with Crippen LogP contribution in [0.15, 0.2) is 168 Å². The van der Waals surface area contributed by atoms with Gasteiger partial charge in [-0.1, -0.05) is 36.4 Å². The number of nitrogens with one attached hydrogen (secondary N) is 1. The molecule has 7 rings (SSSR count).